The van der Waals surface area contributed by atoms with Crippen molar-refractivity contribution in [1.82, 2.24) is 4.90 Å². The van der Waals surface area contributed by atoms with E-state index in [0.29, 0.717) is 5.56 Å². The van der Waals surface area contributed by atoms with Crippen molar-refractivity contribution in [2.45, 2.75) is 24.5 Å². The van der Waals surface area contributed by atoms with E-state index in [-0.39, 0.29) is 24.2 Å². The topological polar surface area (TPSA) is 155 Å². The molecule has 0 bridgehead atoms. The molecule has 31 heavy (non-hydrogen) atoms. The number of primary amides is 1. The van der Waals surface area contributed by atoms with Crippen LogP contribution in [0.3, 0.4) is 0 Å². The lowest BCUT2D eigenvalue weighted by atomic mass is 9.52. The van der Waals surface area contributed by atoms with Crippen molar-refractivity contribution in [3.63, 3.8) is 0 Å². The summed E-state index contributed by atoms with van der Waals surface area (Å²) in [7, 11) is 3.10. The number of amides is 1. The average Bonchev–Trinajstić information content (AvgIpc) is 2.67. The van der Waals surface area contributed by atoms with Crippen LogP contribution in [0.25, 0.3) is 0 Å². The standard InChI is InChI=1S/C21H21IN2O7/c1-24(2)15-9-6-7-5-8-10(22)3-4-11(25)13(8)16(26)12(7)18(28)21(9,31)19(29)14(17(15)27)20(23)30/h3-4,7,9,12,14-15,25,31H,5-6H2,1-2H3,(H2,23,30)/t7-,9-,12?,14?,15-,21-/m1/s1. The van der Waals surface area contributed by atoms with Crippen molar-refractivity contribution in [1.29, 1.82) is 0 Å². The Morgan fingerprint density at radius 3 is 2.42 bits per heavy atom. The van der Waals surface area contributed by atoms with Crippen LogP contribution in [0.1, 0.15) is 22.3 Å². The van der Waals surface area contributed by atoms with Crippen molar-refractivity contribution in [3.05, 3.63) is 26.8 Å². The summed E-state index contributed by atoms with van der Waals surface area (Å²) in [4.78, 5) is 66.2. The Hall–Kier alpha value is -2.18. The molecule has 0 saturated heterocycles. The summed E-state index contributed by atoms with van der Waals surface area (Å²) in [5.74, 6) is -10.2. The van der Waals surface area contributed by atoms with Crippen LogP contribution < -0.4 is 5.73 Å². The fraction of sp³-hybridized carbons (Fsp3) is 0.476. The van der Waals surface area contributed by atoms with E-state index in [1.165, 1.54) is 11.0 Å². The third-order valence-electron chi connectivity index (χ3n) is 6.89. The molecule has 164 valence electrons. The Bertz CT molecular complexity index is 1070. The molecule has 0 aromatic heterocycles. The van der Waals surface area contributed by atoms with Gasteiger partial charge < -0.3 is 15.9 Å². The van der Waals surface area contributed by atoms with Gasteiger partial charge in [-0.05, 0) is 73.1 Å². The maximum atomic E-state index is 13.5. The predicted octanol–water partition coefficient (Wildman–Crippen LogP) is -0.528. The van der Waals surface area contributed by atoms with E-state index in [2.05, 4.69) is 0 Å². The third-order valence-corrected chi connectivity index (χ3v) is 7.90. The van der Waals surface area contributed by atoms with Gasteiger partial charge in [-0.15, -0.1) is 0 Å². The summed E-state index contributed by atoms with van der Waals surface area (Å²) in [6, 6.07) is 1.93. The zero-order chi connectivity index (χ0) is 23.0. The minimum absolute atomic E-state index is 0.0125. The van der Waals surface area contributed by atoms with Crippen molar-refractivity contribution in [2.24, 2.45) is 29.4 Å². The number of likely N-dealkylation sites (N-methyl/N-ethyl adjacent to an activating group) is 1. The summed E-state index contributed by atoms with van der Waals surface area (Å²) < 4.78 is 0.749. The lowest BCUT2D eigenvalue weighted by molar-refractivity contribution is -0.181. The fourth-order valence-corrected chi connectivity index (χ4v) is 6.24. The molecule has 1 amide bonds. The number of nitrogens with two attached hydrogens (primary N) is 1. The van der Waals surface area contributed by atoms with Crippen LogP contribution in [0.2, 0.25) is 0 Å². The average molecular weight is 540 g/mol. The Morgan fingerprint density at radius 2 is 1.84 bits per heavy atom. The molecule has 1 aromatic carbocycles. The van der Waals surface area contributed by atoms with Crippen LogP contribution >= 0.6 is 22.6 Å². The molecule has 2 fully saturated rings. The first-order valence-corrected chi connectivity index (χ1v) is 10.9. The second-order valence-electron chi connectivity index (χ2n) is 8.71. The minimum Gasteiger partial charge on any atom is -0.507 e. The fourth-order valence-electron chi connectivity index (χ4n) is 5.57. The number of aliphatic hydroxyl groups is 1. The Morgan fingerprint density at radius 1 is 1.19 bits per heavy atom. The van der Waals surface area contributed by atoms with Crippen LogP contribution in [0.4, 0.5) is 0 Å². The van der Waals surface area contributed by atoms with Crippen LogP contribution in [-0.2, 0) is 25.6 Å². The molecule has 2 unspecified atom stereocenters. The number of rotatable bonds is 2. The number of fused-ring (bicyclic) bond motifs is 3. The SMILES string of the molecule is CN(C)[C@H]1C(=O)C(C(N)=O)C(=O)[C@]2(O)C(=O)C3C(=O)c4c(O)ccc(I)c4C[C@@H]3C[C@H]12. The van der Waals surface area contributed by atoms with Crippen LogP contribution in [0, 0.1) is 27.2 Å². The van der Waals surface area contributed by atoms with E-state index >= 15 is 0 Å². The van der Waals surface area contributed by atoms with Gasteiger partial charge in [-0.25, -0.2) is 0 Å². The third kappa shape index (κ3) is 2.84. The lowest BCUT2D eigenvalue weighted by Gasteiger charge is -2.52. The lowest BCUT2D eigenvalue weighted by Crippen LogP contribution is -2.74. The predicted molar refractivity (Wildman–Crippen MR) is 114 cm³/mol. The van der Waals surface area contributed by atoms with E-state index in [4.69, 9.17) is 5.73 Å². The van der Waals surface area contributed by atoms with E-state index < -0.39 is 64.4 Å². The molecule has 2 saturated carbocycles. The van der Waals surface area contributed by atoms with E-state index in [0.717, 1.165) is 3.57 Å². The molecule has 0 aliphatic heterocycles. The highest BCUT2D eigenvalue weighted by molar-refractivity contribution is 14.1. The van der Waals surface area contributed by atoms with Gasteiger partial charge in [-0.2, -0.15) is 0 Å². The highest BCUT2D eigenvalue weighted by atomic mass is 127. The smallest absolute Gasteiger partial charge is 0.235 e. The summed E-state index contributed by atoms with van der Waals surface area (Å²) in [6.07, 6.45) is 0.328. The van der Waals surface area contributed by atoms with Crippen molar-refractivity contribution >= 4 is 51.6 Å². The number of hydrogen-bond acceptors (Lipinski definition) is 8. The second-order valence-corrected chi connectivity index (χ2v) is 9.87. The van der Waals surface area contributed by atoms with Gasteiger partial charge >= 0.3 is 0 Å². The number of hydrogen-bond donors (Lipinski definition) is 3. The monoisotopic (exact) mass is 540 g/mol. The second kappa shape index (κ2) is 7.17. The number of carbonyl (C=O) groups is 5. The molecule has 3 aliphatic carbocycles. The Balaban J connectivity index is 1.88. The van der Waals surface area contributed by atoms with Gasteiger partial charge in [0.2, 0.25) is 5.91 Å². The first-order chi connectivity index (χ1) is 14.4. The van der Waals surface area contributed by atoms with Crippen molar-refractivity contribution in [3.8, 4) is 5.75 Å². The molecule has 1 aromatic rings. The molecule has 4 rings (SSSR count). The Labute approximate surface area is 191 Å². The maximum absolute atomic E-state index is 13.5. The van der Waals surface area contributed by atoms with Crippen LogP contribution in [-0.4, -0.2) is 69.9 Å². The molecule has 10 heteroatoms. The number of Topliss-reactive ketones (excluding diaryl/α,β-unsaturated/α-hetero) is 4. The summed E-state index contributed by atoms with van der Waals surface area (Å²) >= 11 is 2.04. The molecular weight excluding hydrogens is 519 g/mol. The summed E-state index contributed by atoms with van der Waals surface area (Å²) in [6.45, 7) is 0. The molecule has 0 spiro atoms. The van der Waals surface area contributed by atoms with Gasteiger partial charge in [0.1, 0.15) is 5.75 Å². The number of aromatic hydroxyl groups is 1. The van der Waals surface area contributed by atoms with Gasteiger partial charge in [0.05, 0.1) is 17.5 Å². The molecular formula is C21H21IN2O7. The quantitative estimate of drug-likeness (QED) is 0.334. The molecule has 4 N–H and O–H groups in total. The number of carbonyl (C=O) groups excluding carboxylic acids is 5. The number of ketones is 4. The zero-order valence-corrected chi connectivity index (χ0v) is 19.0. The minimum atomic E-state index is -2.69. The number of benzene rings is 1. The van der Waals surface area contributed by atoms with Gasteiger partial charge in [0.25, 0.3) is 0 Å². The van der Waals surface area contributed by atoms with Gasteiger partial charge in [-0.1, -0.05) is 0 Å². The van der Waals surface area contributed by atoms with E-state index in [9.17, 15) is 34.2 Å². The van der Waals surface area contributed by atoms with E-state index in [1.807, 2.05) is 22.6 Å². The summed E-state index contributed by atoms with van der Waals surface area (Å²) in [5, 5.41) is 21.7. The maximum Gasteiger partial charge on any atom is 0.235 e. The highest BCUT2D eigenvalue weighted by Crippen LogP contribution is 2.50. The van der Waals surface area contributed by atoms with Gasteiger partial charge in [0.15, 0.2) is 34.7 Å². The number of phenols is 1. The van der Waals surface area contributed by atoms with Gasteiger partial charge in [0, 0.05) is 9.49 Å². The van der Waals surface area contributed by atoms with Gasteiger partial charge in [-0.3, -0.25) is 28.9 Å². The first kappa shape index (κ1) is 22.0. The number of phenolic OH excluding ortho intramolecular Hbond substituents is 1. The number of halogens is 1. The normalized spacial score (nSPS) is 34.9. The first-order valence-electron chi connectivity index (χ1n) is 9.77. The molecule has 0 radical (unpaired) electrons. The molecule has 3 aliphatic rings. The molecule has 9 nitrogen and oxygen atoms in total. The number of nitrogens with zero attached hydrogens (tertiary/aromatic N) is 1. The Kier molecular flexibility index (Phi) is 5.10. The molecule has 0 heterocycles. The largest absolute Gasteiger partial charge is 0.507 e. The summed E-state index contributed by atoms with van der Waals surface area (Å²) in [5.41, 5.74) is 3.21. The highest BCUT2D eigenvalue weighted by Gasteiger charge is 2.69. The molecule has 6 atom stereocenters. The van der Waals surface area contributed by atoms with Crippen molar-refractivity contribution < 1.29 is 34.2 Å². The van der Waals surface area contributed by atoms with Crippen LogP contribution in [0.5, 0.6) is 5.75 Å². The van der Waals surface area contributed by atoms with E-state index in [1.54, 1.807) is 20.2 Å². The van der Waals surface area contributed by atoms with Crippen molar-refractivity contribution in [2.75, 3.05) is 14.1 Å². The van der Waals surface area contributed by atoms with Crippen LogP contribution in [0.15, 0.2) is 12.1 Å². The zero-order valence-electron chi connectivity index (χ0n) is 16.8.